The van der Waals surface area contributed by atoms with Crippen molar-refractivity contribution in [1.82, 2.24) is 29.7 Å². The maximum absolute atomic E-state index is 12.2. The summed E-state index contributed by atoms with van der Waals surface area (Å²) in [5.41, 5.74) is 8.91. The number of anilines is 3. The summed E-state index contributed by atoms with van der Waals surface area (Å²) in [6, 6.07) is 18.0. The van der Waals surface area contributed by atoms with Gasteiger partial charge in [0.2, 0.25) is 11.9 Å². The molecule has 2 aromatic heterocycles. The van der Waals surface area contributed by atoms with Crippen LogP contribution in [-0.4, -0.2) is 29.7 Å². The van der Waals surface area contributed by atoms with E-state index in [4.69, 9.17) is 5.73 Å². The second-order valence-corrected chi connectivity index (χ2v) is 8.00. The summed E-state index contributed by atoms with van der Waals surface area (Å²) in [6.45, 7) is 2.62. The lowest BCUT2D eigenvalue weighted by molar-refractivity contribution is 0.615. The zero-order chi connectivity index (χ0) is 22.3. The molecule has 0 aliphatic heterocycles. The first kappa shape index (κ1) is 21.6. The van der Waals surface area contributed by atoms with Crippen molar-refractivity contribution in [3.63, 3.8) is 0 Å². The van der Waals surface area contributed by atoms with E-state index in [9.17, 15) is 4.79 Å². The monoisotopic (exact) mass is 448 g/mol. The third-order valence-corrected chi connectivity index (χ3v) is 5.84. The summed E-state index contributed by atoms with van der Waals surface area (Å²) in [4.78, 5) is 25.1. The van der Waals surface area contributed by atoms with Crippen molar-refractivity contribution in [2.75, 3.05) is 11.1 Å². The highest BCUT2D eigenvalue weighted by atomic mass is 32.2. The van der Waals surface area contributed by atoms with E-state index in [2.05, 4.69) is 43.5 Å². The molecular formula is C22H24N8OS. The normalized spacial score (nSPS) is 10.9. The Hall–Kier alpha value is -3.66. The molecule has 4 rings (SSSR count). The molecule has 0 unspecified atom stereocenters. The van der Waals surface area contributed by atoms with Crippen molar-refractivity contribution in [2.24, 2.45) is 0 Å². The van der Waals surface area contributed by atoms with E-state index in [1.807, 2.05) is 48.5 Å². The van der Waals surface area contributed by atoms with Gasteiger partial charge < -0.3 is 11.1 Å². The highest BCUT2D eigenvalue weighted by Gasteiger charge is 2.12. The molecule has 10 heteroatoms. The van der Waals surface area contributed by atoms with Gasteiger partial charge >= 0.3 is 5.69 Å². The van der Waals surface area contributed by atoms with Crippen molar-refractivity contribution in [2.45, 2.75) is 37.2 Å². The molecule has 2 heterocycles. The van der Waals surface area contributed by atoms with E-state index >= 15 is 0 Å². The van der Waals surface area contributed by atoms with E-state index in [0.717, 1.165) is 29.7 Å². The van der Waals surface area contributed by atoms with Gasteiger partial charge in [0.05, 0.1) is 5.75 Å². The highest BCUT2D eigenvalue weighted by Crippen LogP contribution is 2.22. The van der Waals surface area contributed by atoms with E-state index in [0.29, 0.717) is 29.2 Å². The first-order valence-corrected chi connectivity index (χ1v) is 11.3. The van der Waals surface area contributed by atoms with Crippen LogP contribution in [0.25, 0.3) is 0 Å². The van der Waals surface area contributed by atoms with Crippen LogP contribution in [-0.2, 0) is 25.1 Å². The Bertz CT molecular complexity index is 1240. The van der Waals surface area contributed by atoms with E-state index in [1.165, 1.54) is 11.8 Å². The molecule has 4 aromatic rings. The molecule has 0 atom stereocenters. The maximum Gasteiger partial charge on any atom is 0.343 e. The second kappa shape index (κ2) is 10.1. The molecule has 0 bridgehead atoms. The smallest absolute Gasteiger partial charge is 0.343 e. The molecule has 0 aliphatic carbocycles. The van der Waals surface area contributed by atoms with Crippen LogP contribution in [0.15, 0.2) is 64.5 Å². The number of para-hydroxylation sites is 1. The van der Waals surface area contributed by atoms with Gasteiger partial charge in [0.15, 0.2) is 5.16 Å². The number of aryl methyl sites for hydroxylation is 2. The maximum atomic E-state index is 12.2. The summed E-state index contributed by atoms with van der Waals surface area (Å²) >= 11 is 1.37. The molecule has 0 saturated heterocycles. The third-order valence-electron chi connectivity index (χ3n) is 4.86. The lowest BCUT2D eigenvalue weighted by Crippen LogP contribution is -2.19. The van der Waals surface area contributed by atoms with Gasteiger partial charge in [-0.25, -0.2) is 9.89 Å². The summed E-state index contributed by atoms with van der Waals surface area (Å²) in [6.07, 6.45) is 1.61. The number of nitrogens with two attached hydrogens (primary N) is 1. The fourth-order valence-electron chi connectivity index (χ4n) is 3.25. The molecule has 0 amide bonds. The standard InChI is InChI=1S/C22H24N8OS/c1-2-16-10-6-7-11-17(16)24-20-26-18(25-19(23)27-20)14-32-22-29-28-21(31)30(22)13-12-15-8-4-3-5-9-15/h3-11H,2,12-14H2,1H3,(H,28,31)(H3,23,24,25,26,27). The van der Waals surface area contributed by atoms with Crippen molar-refractivity contribution in [3.05, 3.63) is 82.0 Å². The van der Waals surface area contributed by atoms with Gasteiger partial charge in [0.1, 0.15) is 5.82 Å². The molecule has 0 fully saturated rings. The summed E-state index contributed by atoms with van der Waals surface area (Å²) in [5, 5.41) is 10.5. The Kier molecular flexibility index (Phi) is 6.81. The van der Waals surface area contributed by atoms with Gasteiger partial charge in [-0.15, -0.1) is 5.10 Å². The van der Waals surface area contributed by atoms with E-state index in [-0.39, 0.29) is 11.6 Å². The van der Waals surface area contributed by atoms with Gasteiger partial charge in [-0.3, -0.25) is 4.57 Å². The number of hydrogen-bond acceptors (Lipinski definition) is 8. The second-order valence-electron chi connectivity index (χ2n) is 7.06. The van der Waals surface area contributed by atoms with Crippen LogP contribution in [0.1, 0.15) is 23.9 Å². The topological polar surface area (TPSA) is 127 Å². The Morgan fingerprint density at radius 2 is 1.84 bits per heavy atom. The molecule has 164 valence electrons. The Labute approximate surface area is 189 Å². The lowest BCUT2D eigenvalue weighted by Gasteiger charge is -2.10. The number of nitrogens with zero attached hydrogens (tertiary/aromatic N) is 5. The predicted molar refractivity (Wildman–Crippen MR) is 126 cm³/mol. The SMILES string of the molecule is CCc1ccccc1Nc1nc(N)nc(CSc2n[nH]c(=O)n2CCc2ccccc2)n1. The van der Waals surface area contributed by atoms with Gasteiger partial charge in [-0.05, 0) is 30.0 Å². The Morgan fingerprint density at radius 1 is 1.06 bits per heavy atom. The minimum atomic E-state index is -0.239. The molecule has 0 radical (unpaired) electrons. The van der Waals surface area contributed by atoms with Crippen molar-refractivity contribution >= 4 is 29.3 Å². The average molecular weight is 449 g/mol. The Morgan fingerprint density at radius 3 is 2.66 bits per heavy atom. The van der Waals surface area contributed by atoms with Gasteiger partial charge in [-0.1, -0.05) is 67.2 Å². The van der Waals surface area contributed by atoms with E-state index in [1.54, 1.807) is 4.57 Å². The van der Waals surface area contributed by atoms with Crippen LogP contribution in [0.3, 0.4) is 0 Å². The number of aromatic nitrogens is 6. The first-order valence-electron chi connectivity index (χ1n) is 10.3. The number of benzene rings is 2. The van der Waals surface area contributed by atoms with Gasteiger partial charge in [0, 0.05) is 12.2 Å². The van der Waals surface area contributed by atoms with Crippen LogP contribution >= 0.6 is 11.8 Å². The van der Waals surface area contributed by atoms with E-state index < -0.39 is 0 Å². The third kappa shape index (κ3) is 5.33. The molecule has 0 spiro atoms. The molecule has 32 heavy (non-hydrogen) atoms. The Balaban J connectivity index is 1.46. The zero-order valence-electron chi connectivity index (χ0n) is 17.7. The summed E-state index contributed by atoms with van der Waals surface area (Å²) in [5.74, 6) is 1.42. The lowest BCUT2D eigenvalue weighted by atomic mass is 10.1. The number of nitrogens with one attached hydrogen (secondary N) is 2. The highest BCUT2D eigenvalue weighted by molar-refractivity contribution is 7.98. The molecule has 2 aromatic carbocycles. The minimum Gasteiger partial charge on any atom is -0.368 e. The number of rotatable bonds is 9. The summed E-state index contributed by atoms with van der Waals surface area (Å²) in [7, 11) is 0. The van der Waals surface area contributed by atoms with Crippen molar-refractivity contribution in [3.8, 4) is 0 Å². The fraction of sp³-hybridized carbons (Fsp3) is 0.227. The average Bonchev–Trinajstić information content (AvgIpc) is 3.16. The fourth-order valence-corrected chi connectivity index (χ4v) is 4.08. The van der Waals surface area contributed by atoms with Crippen molar-refractivity contribution in [1.29, 1.82) is 0 Å². The van der Waals surface area contributed by atoms with Crippen LogP contribution in [0.5, 0.6) is 0 Å². The minimum absolute atomic E-state index is 0.135. The molecular weight excluding hydrogens is 424 g/mol. The van der Waals surface area contributed by atoms with Crippen LogP contribution in [0.4, 0.5) is 17.6 Å². The van der Waals surface area contributed by atoms with Crippen LogP contribution < -0.4 is 16.7 Å². The number of thioether (sulfide) groups is 1. The molecule has 9 nitrogen and oxygen atoms in total. The molecule has 0 saturated carbocycles. The first-order chi connectivity index (χ1) is 15.6. The number of H-pyrrole nitrogens is 1. The van der Waals surface area contributed by atoms with Gasteiger partial charge in [-0.2, -0.15) is 15.0 Å². The van der Waals surface area contributed by atoms with Crippen molar-refractivity contribution < 1.29 is 0 Å². The number of nitrogen functional groups attached to an aromatic ring is 1. The number of hydrogen-bond donors (Lipinski definition) is 3. The predicted octanol–water partition coefficient (Wildman–Crippen LogP) is 3.18. The number of aromatic amines is 1. The molecule has 0 aliphatic rings. The van der Waals surface area contributed by atoms with Crippen LogP contribution in [0.2, 0.25) is 0 Å². The summed E-state index contributed by atoms with van der Waals surface area (Å²) < 4.78 is 1.62. The molecule has 4 N–H and O–H groups in total. The van der Waals surface area contributed by atoms with Crippen LogP contribution in [0, 0.1) is 0 Å². The zero-order valence-corrected chi connectivity index (χ0v) is 18.5. The quantitative estimate of drug-likeness (QED) is 0.333. The largest absolute Gasteiger partial charge is 0.368 e. The van der Waals surface area contributed by atoms with Gasteiger partial charge in [0.25, 0.3) is 0 Å².